The minimum atomic E-state index is -0.286. The van der Waals surface area contributed by atoms with Crippen LogP contribution in [0.15, 0.2) is 6.20 Å². The minimum absolute atomic E-state index is 0.116. The van der Waals surface area contributed by atoms with E-state index in [-0.39, 0.29) is 24.3 Å². The van der Waals surface area contributed by atoms with Gasteiger partial charge in [0.15, 0.2) is 0 Å². The topological polar surface area (TPSA) is 97.0 Å². The van der Waals surface area contributed by atoms with Crippen LogP contribution in [0.2, 0.25) is 0 Å². The Hall–Kier alpha value is -1.92. The summed E-state index contributed by atoms with van der Waals surface area (Å²) in [4.78, 5) is 22.6. The van der Waals surface area contributed by atoms with E-state index in [1.54, 1.807) is 6.92 Å². The van der Waals surface area contributed by atoms with Crippen LogP contribution >= 0.6 is 0 Å². The molecule has 1 aromatic heterocycles. The predicted octanol–water partition coefficient (Wildman–Crippen LogP) is 0.266. The number of esters is 1. The molecule has 0 radical (unpaired) electrons. The molecule has 94 valence electrons. The standard InChI is InChI=1S/C10H16N4O3/c1-3-17-9(15)5-4-7(2)12-10(16)8-6-11-14-13-8/h6-7H,3-5H2,1-2H3,(H,12,16)(H,11,13,14). The molecule has 0 fully saturated rings. The summed E-state index contributed by atoms with van der Waals surface area (Å²) in [6.45, 7) is 3.95. The Morgan fingerprint density at radius 1 is 1.59 bits per heavy atom. The van der Waals surface area contributed by atoms with Gasteiger partial charge in [0.1, 0.15) is 5.69 Å². The fourth-order valence-electron chi connectivity index (χ4n) is 1.25. The van der Waals surface area contributed by atoms with E-state index >= 15 is 0 Å². The van der Waals surface area contributed by atoms with E-state index in [9.17, 15) is 9.59 Å². The summed E-state index contributed by atoms with van der Waals surface area (Å²) in [5.41, 5.74) is 0.299. The van der Waals surface area contributed by atoms with E-state index in [2.05, 4.69) is 20.7 Å². The van der Waals surface area contributed by atoms with Crippen LogP contribution in [-0.2, 0) is 9.53 Å². The van der Waals surface area contributed by atoms with Gasteiger partial charge in [-0.2, -0.15) is 0 Å². The van der Waals surface area contributed by atoms with Gasteiger partial charge in [-0.25, -0.2) is 0 Å². The number of carbonyl (C=O) groups is 2. The lowest BCUT2D eigenvalue weighted by atomic mass is 10.2. The van der Waals surface area contributed by atoms with Gasteiger partial charge < -0.3 is 10.1 Å². The second-order valence-electron chi connectivity index (χ2n) is 3.59. The number of nitrogens with zero attached hydrogens (tertiary/aromatic N) is 2. The van der Waals surface area contributed by atoms with E-state index < -0.39 is 0 Å². The van der Waals surface area contributed by atoms with E-state index in [1.165, 1.54) is 6.20 Å². The van der Waals surface area contributed by atoms with Crippen molar-refractivity contribution >= 4 is 11.9 Å². The Morgan fingerprint density at radius 2 is 2.35 bits per heavy atom. The Morgan fingerprint density at radius 3 is 2.94 bits per heavy atom. The zero-order valence-corrected chi connectivity index (χ0v) is 9.90. The molecular formula is C10H16N4O3. The maximum Gasteiger partial charge on any atom is 0.305 e. The van der Waals surface area contributed by atoms with Crippen LogP contribution in [0.5, 0.6) is 0 Å². The molecule has 1 unspecified atom stereocenters. The Bertz CT molecular complexity index is 364. The minimum Gasteiger partial charge on any atom is -0.466 e. The number of H-pyrrole nitrogens is 1. The first-order valence-electron chi connectivity index (χ1n) is 5.46. The first-order chi connectivity index (χ1) is 8.13. The number of ether oxygens (including phenoxy) is 1. The van der Waals surface area contributed by atoms with Crippen LogP contribution in [0.4, 0.5) is 0 Å². The van der Waals surface area contributed by atoms with Crippen molar-refractivity contribution in [2.24, 2.45) is 0 Å². The largest absolute Gasteiger partial charge is 0.466 e. The molecule has 0 aromatic carbocycles. The van der Waals surface area contributed by atoms with Gasteiger partial charge in [0.05, 0.1) is 12.8 Å². The molecule has 0 aliphatic heterocycles. The normalized spacial score (nSPS) is 11.9. The van der Waals surface area contributed by atoms with Gasteiger partial charge in [-0.15, -0.1) is 5.10 Å². The summed E-state index contributed by atoms with van der Waals surface area (Å²) >= 11 is 0. The molecule has 0 bridgehead atoms. The SMILES string of the molecule is CCOC(=O)CCC(C)NC(=O)c1cnn[nH]1. The maximum atomic E-state index is 11.5. The highest BCUT2D eigenvalue weighted by atomic mass is 16.5. The summed E-state index contributed by atoms with van der Waals surface area (Å²) in [7, 11) is 0. The molecule has 0 spiro atoms. The van der Waals surface area contributed by atoms with Crippen molar-refractivity contribution in [1.82, 2.24) is 20.7 Å². The fourth-order valence-corrected chi connectivity index (χ4v) is 1.25. The highest BCUT2D eigenvalue weighted by molar-refractivity contribution is 5.91. The molecule has 1 amide bonds. The number of amides is 1. The number of nitrogens with one attached hydrogen (secondary N) is 2. The smallest absolute Gasteiger partial charge is 0.305 e. The highest BCUT2D eigenvalue weighted by Gasteiger charge is 2.12. The summed E-state index contributed by atoms with van der Waals surface area (Å²) in [6, 6.07) is -0.116. The molecule has 1 heterocycles. The predicted molar refractivity (Wildman–Crippen MR) is 59.2 cm³/mol. The average Bonchev–Trinajstić information content (AvgIpc) is 2.80. The monoisotopic (exact) mass is 240 g/mol. The summed E-state index contributed by atoms with van der Waals surface area (Å²) in [5.74, 6) is -0.539. The van der Waals surface area contributed by atoms with Gasteiger partial charge in [0, 0.05) is 12.5 Å². The molecule has 0 aliphatic carbocycles. The second-order valence-corrected chi connectivity index (χ2v) is 3.59. The molecule has 17 heavy (non-hydrogen) atoms. The van der Waals surface area contributed by atoms with Gasteiger partial charge in [-0.05, 0) is 20.3 Å². The lowest BCUT2D eigenvalue weighted by Gasteiger charge is -2.12. The second kappa shape index (κ2) is 6.62. The summed E-state index contributed by atoms with van der Waals surface area (Å²) in [5, 5.41) is 12.1. The average molecular weight is 240 g/mol. The Kier molecular flexibility index (Phi) is 5.12. The van der Waals surface area contributed by atoms with Crippen molar-refractivity contribution in [2.45, 2.75) is 32.7 Å². The number of rotatable bonds is 6. The van der Waals surface area contributed by atoms with Crippen molar-refractivity contribution in [3.05, 3.63) is 11.9 Å². The maximum absolute atomic E-state index is 11.5. The summed E-state index contributed by atoms with van der Waals surface area (Å²) < 4.78 is 4.79. The third kappa shape index (κ3) is 4.62. The number of hydrogen-bond donors (Lipinski definition) is 2. The molecule has 0 saturated heterocycles. The van der Waals surface area contributed by atoms with E-state index in [0.717, 1.165) is 0 Å². The van der Waals surface area contributed by atoms with Crippen molar-refractivity contribution < 1.29 is 14.3 Å². The third-order valence-corrected chi connectivity index (χ3v) is 2.12. The van der Waals surface area contributed by atoms with Crippen LogP contribution in [0.3, 0.4) is 0 Å². The number of aromatic nitrogens is 3. The molecular weight excluding hydrogens is 224 g/mol. The molecule has 0 aliphatic rings. The van der Waals surface area contributed by atoms with Crippen LogP contribution in [0, 0.1) is 0 Å². The molecule has 2 N–H and O–H groups in total. The number of hydrogen-bond acceptors (Lipinski definition) is 5. The summed E-state index contributed by atoms with van der Waals surface area (Å²) in [6.07, 6.45) is 2.16. The van der Waals surface area contributed by atoms with Gasteiger partial charge in [-0.1, -0.05) is 5.21 Å². The van der Waals surface area contributed by atoms with Crippen molar-refractivity contribution in [2.75, 3.05) is 6.61 Å². The molecule has 1 rings (SSSR count). The molecule has 1 atom stereocenters. The zero-order chi connectivity index (χ0) is 12.7. The van der Waals surface area contributed by atoms with Crippen molar-refractivity contribution in [3.8, 4) is 0 Å². The molecule has 7 heteroatoms. The van der Waals surface area contributed by atoms with Crippen LogP contribution in [0.25, 0.3) is 0 Å². The zero-order valence-electron chi connectivity index (χ0n) is 9.90. The first kappa shape index (κ1) is 13.1. The first-order valence-corrected chi connectivity index (χ1v) is 5.46. The van der Waals surface area contributed by atoms with E-state index in [4.69, 9.17) is 4.74 Å². The van der Waals surface area contributed by atoms with Gasteiger partial charge in [-0.3, -0.25) is 14.7 Å². The third-order valence-electron chi connectivity index (χ3n) is 2.12. The van der Waals surface area contributed by atoms with Crippen molar-refractivity contribution in [3.63, 3.8) is 0 Å². The van der Waals surface area contributed by atoms with E-state index in [0.29, 0.717) is 18.7 Å². The molecule has 7 nitrogen and oxygen atoms in total. The number of carbonyl (C=O) groups excluding carboxylic acids is 2. The number of aromatic amines is 1. The van der Waals surface area contributed by atoms with Crippen LogP contribution in [-0.4, -0.2) is 39.9 Å². The Labute approximate surface area is 98.9 Å². The van der Waals surface area contributed by atoms with Gasteiger partial charge >= 0.3 is 5.97 Å². The van der Waals surface area contributed by atoms with E-state index in [1.807, 2.05) is 6.92 Å². The highest BCUT2D eigenvalue weighted by Crippen LogP contribution is 2.00. The fraction of sp³-hybridized carbons (Fsp3) is 0.600. The van der Waals surface area contributed by atoms with Gasteiger partial charge in [0.25, 0.3) is 5.91 Å². The van der Waals surface area contributed by atoms with Gasteiger partial charge in [0.2, 0.25) is 0 Å². The van der Waals surface area contributed by atoms with Crippen LogP contribution < -0.4 is 5.32 Å². The quantitative estimate of drug-likeness (QED) is 0.695. The van der Waals surface area contributed by atoms with Crippen molar-refractivity contribution in [1.29, 1.82) is 0 Å². The van der Waals surface area contributed by atoms with Crippen LogP contribution in [0.1, 0.15) is 37.2 Å². The molecule has 0 saturated carbocycles. The lowest BCUT2D eigenvalue weighted by Crippen LogP contribution is -2.33. The Balaban J connectivity index is 2.27. The lowest BCUT2D eigenvalue weighted by molar-refractivity contribution is -0.143. The molecule has 1 aromatic rings.